The van der Waals surface area contributed by atoms with Gasteiger partial charge in [-0.2, -0.15) is 5.10 Å². The molecule has 2 heterocycles. The second-order valence-electron chi connectivity index (χ2n) is 4.06. The first-order chi connectivity index (χ1) is 8.13. The monoisotopic (exact) mass is 233 g/mol. The number of nitrogens with zero attached hydrogens (tertiary/aromatic N) is 3. The summed E-state index contributed by atoms with van der Waals surface area (Å²) in [4.78, 5) is 15.3. The largest absolute Gasteiger partial charge is 0.478 e. The van der Waals surface area contributed by atoms with Crippen LogP contribution in [0.2, 0.25) is 0 Å². The van der Waals surface area contributed by atoms with Gasteiger partial charge in [-0.1, -0.05) is 13.3 Å². The minimum absolute atomic E-state index is 0.243. The maximum atomic E-state index is 11.0. The quantitative estimate of drug-likeness (QED) is 0.879. The Kier molecular flexibility index (Phi) is 3.08. The van der Waals surface area contributed by atoms with Gasteiger partial charge in [0.25, 0.3) is 0 Å². The molecule has 0 atom stereocenters. The van der Waals surface area contributed by atoms with Crippen LogP contribution in [0.25, 0.3) is 11.0 Å². The molecule has 1 N–H and O–H groups in total. The fraction of sp³-hybridized carbons (Fsp3) is 0.417. The molecule has 0 bridgehead atoms. The molecule has 0 amide bonds. The van der Waals surface area contributed by atoms with Crippen molar-refractivity contribution in [2.24, 2.45) is 0 Å². The number of hydrogen-bond donors (Lipinski definition) is 1. The predicted molar refractivity (Wildman–Crippen MR) is 64.1 cm³/mol. The van der Waals surface area contributed by atoms with E-state index in [1.54, 1.807) is 19.2 Å². The summed E-state index contributed by atoms with van der Waals surface area (Å²) in [5.41, 5.74) is 1.54. The standard InChI is InChI=1S/C12H15N3O2/c1-3-4-5-15-11-9(7-13-15)6-10(12(16)17)8(2)14-11/h6-7H,3-5H2,1-2H3,(H,16,17). The van der Waals surface area contributed by atoms with E-state index in [2.05, 4.69) is 17.0 Å². The average Bonchev–Trinajstić information content (AvgIpc) is 2.67. The van der Waals surface area contributed by atoms with E-state index in [0.717, 1.165) is 30.4 Å². The highest BCUT2D eigenvalue weighted by Gasteiger charge is 2.12. The highest BCUT2D eigenvalue weighted by molar-refractivity contribution is 5.93. The number of aryl methyl sites for hydroxylation is 2. The van der Waals surface area contributed by atoms with E-state index in [-0.39, 0.29) is 5.56 Å². The number of carboxylic acids is 1. The molecule has 0 spiro atoms. The van der Waals surface area contributed by atoms with Crippen molar-refractivity contribution in [3.8, 4) is 0 Å². The van der Waals surface area contributed by atoms with Crippen LogP contribution in [-0.2, 0) is 6.54 Å². The Labute approximate surface area is 99.1 Å². The third-order valence-electron chi connectivity index (χ3n) is 2.76. The van der Waals surface area contributed by atoms with Gasteiger partial charge in [-0.25, -0.2) is 14.5 Å². The molecule has 0 aliphatic heterocycles. The normalized spacial score (nSPS) is 10.9. The van der Waals surface area contributed by atoms with E-state index < -0.39 is 5.97 Å². The molecule has 0 saturated heterocycles. The number of rotatable bonds is 4. The van der Waals surface area contributed by atoms with Crippen molar-refractivity contribution in [2.75, 3.05) is 0 Å². The Balaban J connectivity index is 2.48. The van der Waals surface area contributed by atoms with Gasteiger partial charge in [0.05, 0.1) is 17.5 Å². The number of aromatic nitrogens is 3. The highest BCUT2D eigenvalue weighted by atomic mass is 16.4. The van der Waals surface area contributed by atoms with Crippen LogP contribution in [0, 0.1) is 6.92 Å². The lowest BCUT2D eigenvalue weighted by atomic mass is 10.2. The molecular formula is C12H15N3O2. The lowest BCUT2D eigenvalue weighted by Crippen LogP contribution is -2.05. The fourth-order valence-electron chi connectivity index (χ4n) is 1.78. The van der Waals surface area contributed by atoms with Crippen LogP contribution < -0.4 is 0 Å². The van der Waals surface area contributed by atoms with Crippen molar-refractivity contribution < 1.29 is 9.90 Å². The first-order valence-corrected chi connectivity index (χ1v) is 5.70. The summed E-state index contributed by atoms with van der Waals surface area (Å²) in [6.45, 7) is 4.64. The van der Waals surface area contributed by atoms with Crippen molar-refractivity contribution in [3.63, 3.8) is 0 Å². The summed E-state index contributed by atoms with van der Waals surface area (Å²) in [6, 6.07) is 1.63. The van der Waals surface area contributed by atoms with Gasteiger partial charge in [0, 0.05) is 11.9 Å². The van der Waals surface area contributed by atoms with E-state index in [0.29, 0.717) is 5.69 Å². The zero-order valence-corrected chi connectivity index (χ0v) is 9.97. The first-order valence-electron chi connectivity index (χ1n) is 5.70. The van der Waals surface area contributed by atoms with Gasteiger partial charge in [0.1, 0.15) is 0 Å². The second kappa shape index (κ2) is 4.53. The number of unbranched alkanes of at least 4 members (excludes halogenated alkanes) is 1. The Morgan fingerprint density at radius 2 is 2.29 bits per heavy atom. The van der Waals surface area contributed by atoms with Gasteiger partial charge in [0.2, 0.25) is 0 Å². The minimum Gasteiger partial charge on any atom is -0.478 e. The van der Waals surface area contributed by atoms with Crippen LogP contribution >= 0.6 is 0 Å². The number of fused-ring (bicyclic) bond motifs is 1. The molecule has 17 heavy (non-hydrogen) atoms. The molecular weight excluding hydrogens is 218 g/mol. The van der Waals surface area contributed by atoms with Crippen LogP contribution in [0.3, 0.4) is 0 Å². The summed E-state index contributed by atoms with van der Waals surface area (Å²) in [6.07, 6.45) is 3.80. The Bertz CT molecular complexity index is 560. The molecule has 0 aliphatic carbocycles. The highest BCUT2D eigenvalue weighted by Crippen LogP contribution is 2.16. The zero-order valence-electron chi connectivity index (χ0n) is 9.97. The van der Waals surface area contributed by atoms with Crippen LogP contribution in [-0.4, -0.2) is 25.8 Å². The Morgan fingerprint density at radius 1 is 1.53 bits per heavy atom. The van der Waals surface area contributed by atoms with Gasteiger partial charge < -0.3 is 5.11 Å². The molecule has 0 aromatic carbocycles. The van der Waals surface area contributed by atoms with Gasteiger partial charge in [-0.3, -0.25) is 0 Å². The second-order valence-corrected chi connectivity index (χ2v) is 4.06. The molecule has 90 valence electrons. The van der Waals surface area contributed by atoms with Crippen molar-refractivity contribution in [1.82, 2.24) is 14.8 Å². The van der Waals surface area contributed by atoms with Crippen LogP contribution in [0.4, 0.5) is 0 Å². The van der Waals surface area contributed by atoms with Gasteiger partial charge in [0.15, 0.2) is 5.65 Å². The molecule has 2 rings (SSSR count). The summed E-state index contributed by atoms with van der Waals surface area (Å²) in [7, 11) is 0. The maximum absolute atomic E-state index is 11.0. The fourth-order valence-corrected chi connectivity index (χ4v) is 1.78. The van der Waals surface area contributed by atoms with E-state index in [1.807, 2.05) is 4.68 Å². The van der Waals surface area contributed by atoms with E-state index in [9.17, 15) is 4.79 Å². The number of carbonyl (C=O) groups is 1. The van der Waals surface area contributed by atoms with Gasteiger partial charge in [-0.15, -0.1) is 0 Å². The summed E-state index contributed by atoms with van der Waals surface area (Å²) >= 11 is 0. The number of aromatic carboxylic acids is 1. The smallest absolute Gasteiger partial charge is 0.337 e. The summed E-state index contributed by atoms with van der Waals surface area (Å²) < 4.78 is 1.83. The molecule has 0 aliphatic rings. The van der Waals surface area contributed by atoms with Crippen molar-refractivity contribution in [1.29, 1.82) is 0 Å². The molecule has 5 heteroatoms. The van der Waals surface area contributed by atoms with Crippen LogP contribution in [0.1, 0.15) is 35.8 Å². The molecule has 0 fully saturated rings. The molecule has 0 unspecified atom stereocenters. The lowest BCUT2D eigenvalue weighted by Gasteiger charge is -2.03. The zero-order chi connectivity index (χ0) is 12.4. The number of pyridine rings is 1. The SMILES string of the molecule is CCCCn1ncc2cc(C(=O)O)c(C)nc21. The molecule has 2 aromatic rings. The third-order valence-corrected chi connectivity index (χ3v) is 2.76. The van der Waals surface area contributed by atoms with E-state index in [4.69, 9.17) is 5.11 Å². The molecule has 5 nitrogen and oxygen atoms in total. The summed E-state index contributed by atoms with van der Waals surface area (Å²) in [5, 5.41) is 14.0. The van der Waals surface area contributed by atoms with Gasteiger partial charge in [-0.05, 0) is 19.4 Å². The first kappa shape index (κ1) is 11.6. The van der Waals surface area contributed by atoms with Gasteiger partial charge >= 0.3 is 5.97 Å². The van der Waals surface area contributed by atoms with Crippen molar-refractivity contribution >= 4 is 17.0 Å². The Morgan fingerprint density at radius 3 is 2.94 bits per heavy atom. The number of hydrogen-bond acceptors (Lipinski definition) is 3. The maximum Gasteiger partial charge on any atom is 0.337 e. The van der Waals surface area contributed by atoms with Crippen LogP contribution in [0.5, 0.6) is 0 Å². The minimum atomic E-state index is -0.946. The topological polar surface area (TPSA) is 68.0 Å². The Hall–Kier alpha value is -1.91. The molecule has 2 aromatic heterocycles. The molecule has 0 saturated carbocycles. The van der Waals surface area contributed by atoms with E-state index >= 15 is 0 Å². The predicted octanol–water partition coefficient (Wildman–Crippen LogP) is 2.24. The third kappa shape index (κ3) is 2.13. The lowest BCUT2D eigenvalue weighted by molar-refractivity contribution is 0.0696. The average molecular weight is 233 g/mol. The van der Waals surface area contributed by atoms with Crippen molar-refractivity contribution in [3.05, 3.63) is 23.5 Å². The summed E-state index contributed by atoms with van der Waals surface area (Å²) in [5.74, 6) is -0.946. The van der Waals surface area contributed by atoms with Crippen molar-refractivity contribution in [2.45, 2.75) is 33.2 Å². The van der Waals surface area contributed by atoms with E-state index in [1.165, 1.54) is 0 Å². The number of carboxylic acid groups (broad SMARTS) is 1. The van der Waals surface area contributed by atoms with Crippen LogP contribution in [0.15, 0.2) is 12.3 Å². The molecule has 0 radical (unpaired) electrons.